The molecule has 0 aromatic heterocycles. The highest BCUT2D eigenvalue weighted by Crippen LogP contribution is 2.23. The highest BCUT2D eigenvalue weighted by atomic mass is 35.5. The summed E-state index contributed by atoms with van der Waals surface area (Å²) in [5.74, 6) is 1.21. The Hall–Kier alpha value is -0.810. The van der Waals surface area contributed by atoms with E-state index in [1.165, 1.54) is 0 Å². The van der Waals surface area contributed by atoms with Crippen molar-refractivity contribution in [1.29, 1.82) is 0 Å². The third kappa shape index (κ3) is 5.64. The lowest BCUT2D eigenvalue weighted by molar-refractivity contribution is -0.141. The second kappa shape index (κ2) is 10.1. The van der Waals surface area contributed by atoms with Crippen molar-refractivity contribution in [2.45, 2.75) is 45.4 Å². The van der Waals surface area contributed by atoms with Crippen LogP contribution in [0.15, 0.2) is 0 Å². The zero-order valence-electron chi connectivity index (χ0n) is 14.6. The van der Waals surface area contributed by atoms with E-state index in [1.54, 1.807) is 0 Å². The quantitative estimate of drug-likeness (QED) is 0.828. The normalized spacial score (nSPS) is 22.6. The number of likely N-dealkylation sites (tertiary alicyclic amines) is 2. The molecule has 2 heterocycles. The Morgan fingerprint density at radius 3 is 2.39 bits per heavy atom. The van der Waals surface area contributed by atoms with Gasteiger partial charge in [-0.2, -0.15) is 0 Å². The minimum atomic E-state index is 0. The number of carbonyl (C=O) groups excluding carboxylic acids is 2. The fourth-order valence-electron chi connectivity index (χ4n) is 3.68. The van der Waals surface area contributed by atoms with Crippen molar-refractivity contribution in [2.75, 3.05) is 39.8 Å². The van der Waals surface area contributed by atoms with E-state index in [1.807, 2.05) is 23.8 Å². The molecule has 0 aliphatic carbocycles. The molecule has 0 spiro atoms. The molecule has 1 unspecified atom stereocenters. The summed E-state index contributed by atoms with van der Waals surface area (Å²) in [6.07, 6.45) is 5.58. The van der Waals surface area contributed by atoms with Gasteiger partial charge in [0.1, 0.15) is 0 Å². The topological polar surface area (TPSA) is 52.7 Å². The first-order valence-electron chi connectivity index (χ1n) is 8.86. The fraction of sp³-hybridized carbons (Fsp3) is 0.882. The van der Waals surface area contributed by atoms with Crippen LogP contribution in [0.1, 0.15) is 45.4 Å². The minimum absolute atomic E-state index is 0. The van der Waals surface area contributed by atoms with Gasteiger partial charge in [0.2, 0.25) is 11.8 Å². The number of carbonyl (C=O) groups is 2. The molecule has 0 radical (unpaired) electrons. The summed E-state index contributed by atoms with van der Waals surface area (Å²) in [6.45, 7) is 6.29. The number of piperidine rings is 2. The average molecular weight is 346 g/mol. The molecule has 2 saturated heterocycles. The van der Waals surface area contributed by atoms with Gasteiger partial charge < -0.3 is 15.1 Å². The van der Waals surface area contributed by atoms with Crippen molar-refractivity contribution in [1.82, 2.24) is 15.1 Å². The van der Waals surface area contributed by atoms with Crippen LogP contribution in [0.25, 0.3) is 0 Å². The van der Waals surface area contributed by atoms with Crippen molar-refractivity contribution in [3.63, 3.8) is 0 Å². The smallest absolute Gasteiger partial charge is 0.227 e. The first kappa shape index (κ1) is 20.2. The van der Waals surface area contributed by atoms with E-state index in [0.717, 1.165) is 58.3 Å². The zero-order chi connectivity index (χ0) is 15.9. The van der Waals surface area contributed by atoms with Gasteiger partial charge in [-0.15, -0.1) is 12.4 Å². The predicted molar refractivity (Wildman–Crippen MR) is 94.7 cm³/mol. The predicted octanol–water partition coefficient (Wildman–Crippen LogP) is 1.90. The van der Waals surface area contributed by atoms with Crippen LogP contribution in [0, 0.1) is 11.8 Å². The molecule has 1 atom stereocenters. The molecule has 1 N–H and O–H groups in total. The first-order chi connectivity index (χ1) is 10.7. The average Bonchev–Trinajstić information content (AvgIpc) is 2.55. The molecule has 2 aliphatic heterocycles. The minimum Gasteiger partial charge on any atom is -0.342 e. The SMILES string of the molecule is CCCC(=O)N1CCCC(C(=O)N2CCC(CNC)CC2)C1.Cl. The molecule has 2 amide bonds. The van der Waals surface area contributed by atoms with Gasteiger partial charge in [0.25, 0.3) is 0 Å². The van der Waals surface area contributed by atoms with Crippen LogP contribution in [-0.4, -0.2) is 61.4 Å². The van der Waals surface area contributed by atoms with E-state index >= 15 is 0 Å². The molecule has 134 valence electrons. The summed E-state index contributed by atoms with van der Waals surface area (Å²) >= 11 is 0. The third-order valence-electron chi connectivity index (χ3n) is 5.01. The molecular formula is C17H32ClN3O2. The molecule has 0 saturated carbocycles. The maximum atomic E-state index is 12.7. The third-order valence-corrected chi connectivity index (χ3v) is 5.01. The van der Waals surface area contributed by atoms with Crippen LogP contribution in [0.4, 0.5) is 0 Å². The van der Waals surface area contributed by atoms with Gasteiger partial charge in [-0.05, 0) is 51.6 Å². The largest absolute Gasteiger partial charge is 0.342 e. The number of halogens is 1. The monoisotopic (exact) mass is 345 g/mol. The van der Waals surface area contributed by atoms with E-state index in [0.29, 0.717) is 18.9 Å². The fourth-order valence-corrected chi connectivity index (χ4v) is 3.68. The van der Waals surface area contributed by atoms with Gasteiger partial charge in [-0.1, -0.05) is 6.92 Å². The van der Waals surface area contributed by atoms with Crippen LogP contribution < -0.4 is 5.32 Å². The molecule has 2 rings (SSSR count). The van der Waals surface area contributed by atoms with Gasteiger partial charge in [0, 0.05) is 32.6 Å². The van der Waals surface area contributed by atoms with E-state index in [4.69, 9.17) is 0 Å². The lowest BCUT2D eigenvalue weighted by Gasteiger charge is -2.38. The number of nitrogens with one attached hydrogen (secondary N) is 1. The Morgan fingerprint density at radius 2 is 1.78 bits per heavy atom. The second-order valence-corrected chi connectivity index (χ2v) is 6.76. The van der Waals surface area contributed by atoms with Gasteiger partial charge in [-0.3, -0.25) is 9.59 Å². The maximum absolute atomic E-state index is 12.7. The van der Waals surface area contributed by atoms with Crippen molar-refractivity contribution in [2.24, 2.45) is 11.8 Å². The molecular weight excluding hydrogens is 314 g/mol. The van der Waals surface area contributed by atoms with Gasteiger partial charge in [-0.25, -0.2) is 0 Å². The Bertz CT molecular complexity index is 384. The van der Waals surface area contributed by atoms with Gasteiger partial charge in [0.05, 0.1) is 5.92 Å². The number of hydrogen-bond acceptors (Lipinski definition) is 3. The number of nitrogens with zero attached hydrogens (tertiary/aromatic N) is 2. The Labute approximate surface area is 146 Å². The van der Waals surface area contributed by atoms with Crippen LogP contribution in [0.3, 0.4) is 0 Å². The summed E-state index contributed by atoms with van der Waals surface area (Å²) < 4.78 is 0. The van der Waals surface area contributed by atoms with Gasteiger partial charge in [0.15, 0.2) is 0 Å². The zero-order valence-corrected chi connectivity index (χ0v) is 15.4. The molecule has 0 aromatic rings. The Kier molecular flexibility index (Phi) is 8.92. The number of amides is 2. The Morgan fingerprint density at radius 1 is 1.09 bits per heavy atom. The summed E-state index contributed by atoms with van der Waals surface area (Å²) in [6, 6.07) is 0. The van der Waals surface area contributed by atoms with Crippen LogP contribution >= 0.6 is 12.4 Å². The standard InChI is InChI=1S/C17H31N3O2.ClH/c1-3-5-16(21)20-9-4-6-15(13-20)17(22)19-10-7-14(8-11-19)12-18-2;/h14-15,18H,3-13H2,1-2H3;1H. The summed E-state index contributed by atoms with van der Waals surface area (Å²) in [7, 11) is 1.99. The molecule has 2 fully saturated rings. The summed E-state index contributed by atoms with van der Waals surface area (Å²) in [5, 5.41) is 3.23. The van der Waals surface area contributed by atoms with Crippen molar-refractivity contribution in [3.05, 3.63) is 0 Å². The van der Waals surface area contributed by atoms with Crippen molar-refractivity contribution < 1.29 is 9.59 Å². The lowest BCUT2D eigenvalue weighted by Crippen LogP contribution is -2.49. The summed E-state index contributed by atoms with van der Waals surface area (Å²) in [5.41, 5.74) is 0. The van der Waals surface area contributed by atoms with Crippen LogP contribution in [-0.2, 0) is 9.59 Å². The summed E-state index contributed by atoms with van der Waals surface area (Å²) in [4.78, 5) is 28.7. The molecule has 2 aliphatic rings. The first-order valence-corrected chi connectivity index (χ1v) is 8.86. The number of hydrogen-bond donors (Lipinski definition) is 1. The molecule has 23 heavy (non-hydrogen) atoms. The highest BCUT2D eigenvalue weighted by Gasteiger charge is 2.32. The molecule has 0 bridgehead atoms. The van der Waals surface area contributed by atoms with Crippen molar-refractivity contribution >= 4 is 24.2 Å². The van der Waals surface area contributed by atoms with Crippen molar-refractivity contribution in [3.8, 4) is 0 Å². The number of rotatable bonds is 5. The lowest BCUT2D eigenvalue weighted by atomic mass is 9.92. The Balaban J connectivity index is 0.00000264. The van der Waals surface area contributed by atoms with E-state index in [9.17, 15) is 9.59 Å². The van der Waals surface area contributed by atoms with Gasteiger partial charge >= 0.3 is 0 Å². The highest BCUT2D eigenvalue weighted by molar-refractivity contribution is 5.85. The molecule has 5 nitrogen and oxygen atoms in total. The maximum Gasteiger partial charge on any atom is 0.227 e. The second-order valence-electron chi connectivity index (χ2n) is 6.76. The molecule has 6 heteroatoms. The van der Waals surface area contributed by atoms with Crippen LogP contribution in [0.2, 0.25) is 0 Å². The van der Waals surface area contributed by atoms with E-state index < -0.39 is 0 Å². The van der Waals surface area contributed by atoms with E-state index in [2.05, 4.69) is 5.32 Å². The van der Waals surface area contributed by atoms with E-state index in [-0.39, 0.29) is 30.1 Å². The van der Waals surface area contributed by atoms with Crippen LogP contribution in [0.5, 0.6) is 0 Å². The molecule has 0 aromatic carbocycles.